The zero-order chi connectivity index (χ0) is 22.4. The molecule has 2 aliphatic rings. The molecule has 1 aromatic carbocycles. The maximum atomic E-state index is 14.0. The number of rotatable bonds is 4. The van der Waals surface area contributed by atoms with Gasteiger partial charge in [0.1, 0.15) is 17.2 Å². The summed E-state index contributed by atoms with van der Waals surface area (Å²) in [5, 5.41) is 13.6. The van der Waals surface area contributed by atoms with Gasteiger partial charge in [-0.25, -0.2) is 13.8 Å². The van der Waals surface area contributed by atoms with Crippen LogP contribution in [0.2, 0.25) is 0 Å². The minimum atomic E-state index is -0.894. The summed E-state index contributed by atoms with van der Waals surface area (Å²) in [5.74, 6) is -2.30. The Kier molecular flexibility index (Phi) is 4.97. The summed E-state index contributed by atoms with van der Waals surface area (Å²) in [6, 6.07) is 3.04. The molecule has 0 spiro atoms. The van der Waals surface area contributed by atoms with Crippen LogP contribution in [0.5, 0.6) is 0 Å². The van der Waals surface area contributed by atoms with Gasteiger partial charge in [-0.05, 0) is 41.5 Å². The van der Waals surface area contributed by atoms with Crippen LogP contribution in [-0.4, -0.2) is 27.4 Å². The van der Waals surface area contributed by atoms with Crippen LogP contribution < -0.4 is 10.9 Å². The number of nitrogens with one attached hydrogen (secondary N) is 1. The summed E-state index contributed by atoms with van der Waals surface area (Å²) in [6.45, 7) is 0.403. The molecular weight excluding hydrogens is 420 g/mol. The summed E-state index contributed by atoms with van der Waals surface area (Å²) in [6.07, 6.45) is 6.84. The first-order valence-electron chi connectivity index (χ1n) is 10.2. The number of carbonyl (C=O) groups excluding carboxylic acids is 1. The highest BCUT2D eigenvalue weighted by atomic mass is 19.1. The maximum Gasteiger partial charge on any atom is 0.298 e. The molecule has 0 atom stereocenters. The number of nitrogens with zero attached hydrogens (tertiary/aromatic N) is 2. The molecule has 1 saturated carbocycles. The highest BCUT2D eigenvalue weighted by molar-refractivity contribution is 6.01. The molecule has 0 saturated heterocycles. The summed E-state index contributed by atoms with van der Waals surface area (Å²) in [5.41, 5.74) is 1.10. The molecule has 164 valence electrons. The number of fused-ring (bicyclic) bond motifs is 3. The maximum absolute atomic E-state index is 14.0. The number of ether oxygens (including phenoxy) is 1. The van der Waals surface area contributed by atoms with Crippen LogP contribution in [0, 0.1) is 11.6 Å². The topological polar surface area (TPSA) is 93.5 Å². The lowest BCUT2D eigenvalue weighted by molar-refractivity contribution is 0.0942. The Bertz CT molecular complexity index is 1350. The molecule has 1 aliphatic carbocycles. The molecule has 3 aromatic rings. The highest BCUT2D eigenvalue weighted by Gasteiger charge is 2.35. The minimum Gasteiger partial charge on any atom is -0.423 e. The smallest absolute Gasteiger partial charge is 0.298 e. The molecule has 1 aliphatic heterocycles. The van der Waals surface area contributed by atoms with E-state index in [0.29, 0.717) is 22.3 Å². The van der Waals surface area contributed by atoms with Gasteiger partial charge >= 0.3 is 0 Å². The molecule has 0 bridgehead atoms. The van der Waals surface area contributed by atoms with Gasteiger partial charge in [0.05, 0.1) is 13.2 Å². The van der Waals surface area contributed by atoms with Gasteiger partial charge in [0, 0.05) is 29.8 Å². The quantitative estimate of drug-likeness (QED) is 0.609. The third kappa shape index (κ3) is 3.44. The van der Waals surface area contributed by atoms with Crippen LogP contribution in [0.1, 0.15) is 51.4 Å². The molecule has 9 heteroatoms. The van der Waals surface area contributed by atoms with E-state index >= 15 is 0 Å². The highest BCUT2D eigenvalue weighted by Crippen LogP contribution is 2.45. The predicted molar refractivity (Wildman–Crippen MR) is 111 cm³/mol. The van der Waals surface area contributed by atoms with Crippen LogP contribution in [0.25, 0.3) is 17.1 Å². The standard InChI is InChI=1S/C23H19F2N3O4/c24-15-6-5-14(17(25)8-15)10-27-22(29)20-18(12-3-4-12)19-16-11-32-7-1-2-13(16)9-26-21(19)28(31)23(20)30/h1-2,5-6,8-9,12,31H,3-4,7,10-11H2,(H,27,29). The summed E-state index contributed by atoms with van der Waals surface area (Å²) < 4.78 is 33.1. The summed E-state index contributed by atoms with van der Waals surface area (Å²) in [4.78, 5) is 30.4. The fourth-order valence-corrected chi connectivity index (χ4v) is 4.07. The Morgan fingerprint density at radius 2 is 2.12 bits per heavy atom. The van der Waals surface area contributed by atoms with E-state index in [-0.39, 0.29) is 35.8 Å². The van der Waals surface area contributed by atoms with Crippen molar-refractivity contribution in [3.63, 3.8) is 0 Å². The molecular formula is C23H19F2N3O4. The first kappa shape index (κ1) is 20.3. The third-order valence-corrected chi connectivity index (χ3v) is 5.77. The van der Waals surface area contributed by atoms with Crippen molar-refractivity contribution in [2.75, 3.05) is 6.61 Å². The van der Waals surface area contributed by atoms with Gasteiger partial charge in [0.15, 0.2) is 5.65 Å². The number of aromatic nitrogens is 2. The van der Waals surface area contributed by atoms with Crippen molar-refractivity contribution in [1.29, 1.82) is 0 Å². The van der Waals surface area contributed by atoms with E-state index in [9.17, 15) is 23.6 Å². The largest absolute Gasteiger partial charge is 0.423 e. The number of halogens is 2. The zero-order valence-electron chi connectivity index (χ0n) is 16.9. The molecule has 0 unspecified atom stereocenters. The van der Waals surface area contributed by atoms with Crippen molar-refractivity contribution >= 4 is 23.0 Å². The van der Waals surface area contributed by atoms with Crippen molar-refractivity contribution in [2.24, 2.45) is 0 Å². The average molecular weight is 439 g/mol. The second-order valence-corrected chi connectivity index (χ2v) is 7.91. The van der Waals surface area contributed by atoms with E-state index in [1.165, 1.54) is 6.07 Å². The van der Waals surface area contributed by atoms with E-state index in [1.807, 2.05) is 12.2 Å². The molecule has 2 N–H and O–H groups in total. The second kappa shape index (κ2) is 7.83. The van der Waals surface area contributed by atoms with Gasteiger partial charge in [0.2, 0.25) is 0 Å². The SMILES string of the molecule is O=C(NCc1ccc(F)cc1F)c1c(C2CC2)c2c3c(cnc2n(O)c1=O)C=CCOC3. The number of benzene rings is 1. The monoisotopic (exact) mass is 439 g/mol. The van der Waals surface area contributed by atoms with E-state index in [4.69, 9.17) is 4.74 Å². The Hall–Kier alpha value is -3.59. The third-order valence-electron chi connectivity index (χ3n) is 5.77. The predicted octanol–water partition coefficient (Wildman–Crippen LogP) is 3.26. The molecule has 0 radical (unpaired) electrons. The number of hydrogen-bond acceptors (Lipinski definition) is 5. The molecule has 2 aromatic heterocycles. The lowest BCUT2D eigenvalue weighted by Crippen LogP contribution is -2.35. The second-order valence-electron chi connectivity index (χ2n) is 7.91. The van der Waals surface area contributed by atoms with Crippen molar-refractivity contribution in [3.05, 3.63) is 80.3 Å². The van der Waals surface area contributed by atoms with Crippen LogP contribution in [0.4, 0.5) is 8.78 Å². The van der Waals surface area contributed by atoms with Crippen molar-refractivity contribution < 1.29 is 23.5 Å². The van der Waals surface area contributed by atoms with Crippen LogP contribution in [0.3, 0.4) is 0 Å². The van der Waals surface area contributed by atoms with Crippen molar-refractivity contribution in [2.45, 2.75) is 31.9 Å². The summed E-state index contributed by atoms with van der Waals surface area (Å²) in [7, 11) is 0. The van der Waals surface area contributed by atoms with Crippen molar-refractivity contribution in [1.82, 2.24) is 15.0 Å². The lowest BCUT2D eigenvalue weighted by Gasteiger charge is -2.17. The Balaban J connectivity index is 1.64. The Morgan fingerprint density at radius 1 is 1.31 bits per heavy atom. The lowest BCUT2D eigenvalue weighted by atomic mass is 9.94. The molecule has 1 fully saturated rings. The molecule has 3 heterocycles. The van der Waals surface area contributed by atoms with E-state index in [0.717, 1.165) is 36.1 Å². The van der Waals surface area contributed by atoms with Gasteiger partial charge in [-0.15, -0.1) is 4.73 Å². The Labute approximate surface area is 180 Å². The van der Waals surface area contributed by atoms with Gasteiger partial charge < -0.3 is 15.3 Å². The normalized spacial score (nSPS) is 15.4. The van der Waals surface area contributed by atoms with Crippen molar-refractivity contribution in [3.8, 4) is 0 Å². The number of hydrogen-bond donors (Lipinski definition) is 2. The average Bonchev–Trinajstić information content (AvgIpc) is 3.61. The first-order valence-corrected chi connectivity index (χ1v) is 10.2. The first-order chi connectivity index (χ1) is 15.5. The fourth-order valence-electron chi connectivity index (χ4n) is 4.07. The number of carbonyl (C=O) groups is 1. The minimum absolute atomic E-state index is 0.0322. The Morgan fingerprint density at radius 3 is 2.88 bits per heavy atom. The van der Waals surface area contributed by atoms with Crippen LogP contribution in [0.15, 0.2) is 35.3 Å². The van der Waals surface area contributed by atoms with Gasteiger partial charge in [-0.2, -0.15) is 0 Å². The number of amides is 1. The van der Waals surface area contributed by atoms with E-state index in [1.54, 1.807) is 6.20 Å². The molecule has 7 nitrogen and oxygen atoms in total. The van der Waals surface area contributed by atoms with E-state index < -0.39 is 23.1 Å². The molecule has 32 heavy (non-hydrogen) atoms. The zero-order valence-corrected chi connectivity index (χ0v) is 16.9. The molecule has 5 rings (SSSR count). The number of pyridine rings is 2. The fraction of sp³-hybridized carbons (Fsp3) is 0.261. The summed E-state index contributed by atoms with van der Waals surface area (Å²) >= 11 is 0. The molecule has 1 amide bonds. The van der Waals surface area contributed by atoms with E-state index in [2.05, 4.69) is 10.3 Å². The van der Waals surface area contributed by atoms with Crippen LogP contribution in [-0.2, 0) is 17.9 Å². The van der Waals surface area contributed by atoms with Crippen LogP contribution >= 0.6 is 0 Å². The van der Waals surface area contributed by atoms with Gasteiger partial charge in [-0.3, -0.25) is 9.59 Å². The van der Waals surface area contributed by atoms with Gasteiger partial charge in [0.25, 0.3) is 11.5 Å². The van der Waals surface area contributed by atoms with Gasteiger partial charge in [-0.1, -0.05) is 18.2 Å².